The molecule has 1 atom stereocenters. The molecule has 0 bridgehead atoms. The molecule has 8 heteroatoms. The molecule has 4 aromatic rings. The van der Waals surface area contributed by atoms with Gasteiger partial charge in [-0.3, -0.25) is 14.2 Å². The van der Waals surface area contributed by atoms with Crippen LogP contribution in [0.25, 0.3) is 6.08 Å². The molecule has 37 heavy (non-hydrogen) atoms. The maximum Gasteiger partial charge on any atom is 0.271 e. The molecule has 1 aliphatic heterocycles. The zero-order valence-electron chi connectivity index (χ0n) is 20.5. The summed E-state index contributed by atoms with van der Waals surface area (Å²) in [6.07, 6.45) is 1.86. The number of carbonyl (C=O) groups is 1. The number of allylic oxidation sites excluding steroid dienone is 1. The average Bonchev–Trinajstić information content (AvgIpc) is 3.20. The van der Waals surface area contributed by atoms with E-state index in [2.05, 4.69) is 21.2 Å². The van der Waals surface area contributed by atoms with Gasteiger partial charge in [0.25, 0.3) is 11.5 Å². The van der Waals surface area contributed by atoms with Gasteiger partial charge in [0, 0.05) is 10.2 Å². The first-order valence-corrected chi connectivity index (χ1v) is 13.3. The van der Waals surface area contributed by atoms with E-state index in [4.69, 9.17) is 9.73 Å². The third-order valence-electron chi connectivity index (χ3n) is 6.22. The molecule has 0 radical (unpaired) electrons. The molecule has 0 aliphatic carbocycles. The standard InChI is InChI=1S/C29H24BrN3O3S/c1-17-9-10-19(15-23(17)30)16-24-28(35)33-26(20-11-13-22(36-3)14-12-20)25(18(2)31-29(33)37-24)27(34)32-21-7-5-4-6-8-21/h4-16,26H,1-3H3,(H,32,34)/b24-16+/t26-/m0/s1. The van der Waals surface area contributed by atoms with Gasteiger partial charge in [-0.15, -0.1) is 0 Å². The minimum Gasteiger partial charge on any atom is -0.497 e. The Morgan fingerprint density at radius 2 is 1.81 bits per heavy atom. The lowest BCUT2D eigenvalue weighted by atomic mass is 9.95. The summed E-state index contributed by atoms with van der Waals surface area (Å²) in [5.41, 5.74) is 4.28. The fourth-order valence-electron chi connectivity index (χ4n) is 4.28. The molecule has 186 valence electrons. The van der Waals surface area contributed by atoms with Crippen LogP contribution in [0.2, 0.25) is 0 Å². The molecule has 1 aromatic heterocycles. The fourth-order valence-corrected chi connectivity index (χ4v) is 5.73. The van der Waals surface area contributed by atoms with Crippen molar-refractivity contribution < 1.29 is 9.53 Å². The number of hydrogen-bond acceptors (Lipinski definition) is 5. The lowest BCUT2D eigenvalue weighted by molar-refractivity contribution is -0.113. The molecule has 6 nitrogen and oxygen atoms in total. The molecule has 0 spiro atoms. The number of carbonyl (C=O) groups excluding carboxylic acids is 1. The number of aromatic nitrogens is 1. The van der Waals surface area contributed by atoms with E-state index in [1.165, 1.54) is 11.3 Å². The van der Waals surface area contributed by atoms with E-state index in [0.29, 0.717) is 32.0 Å². The largest absolute Gasteiger partial charge is 0.497 e. The number of hydrogen-bond donors (Lipinski definition) is 1. The minimum atomic E-state index is -0.641. The van der Waals surface area contributed by atoms with E-state index in [9.17, 15) is 9.59 Å². The molecule has 1 N–H and O–H groups in total. The summed E-state index contributed by atoms with van der Waals surface area (Å²) in [7, 11) is 1.60. The van der Waals surface area contributed by atoms with Gasteiger partial charge in [0.15, 0.2) is 4.80 Å². The summed E-state index contributed by atoms with van der Waals surface area (Å²) in [5.74, 6) is 0.391. The molecule has 0 saturated heterocycles. The van der Waals surface area contributed by atoms with Crippen molar-refractivity contribution in [3.8, 4) is 5.75 Å². The SMILES string of the molecule is COc1ccc([C@H]2C(C(=O)Nc3ccccc3)=C(C)N=c3s/c(=C/c4ccc(C)c(Br)c4)c(=O)n32)cc1. The molecule has 3 aromatic carbocycles. The number of ether oxygens (including phenoxy) is 1. The Hall–Kier alpha value is -3.75. The zero-order chi connectivity index (χ0) is 26.1. The molecule has 0 unspecified atom stereocenters. The van der Waals surface area contributed by atoms with Gasteiger partial charge in [-0.1, -0.05) is 69.7 Å². The highest BCUT2D eigenvalue weighted by molar-refractivity contribution is 9.10. The van der Waals surface area contributed by atoms with Crippen molar-refractivity contribution >= 4 is 44.9 Å². The van der Waals surface area contributed by atoms with Crippen molar-refractivity contribution in [1.82, 2.24) is 4.57 Å². The normalized spacial score (nSPS) is 15.2. The number of rotatable bonds is 5. The Morgan fingerprint density at radius 1 is 1.08 bits per heavy atom. The predicted octanol–water partition coefficient (Wildman–Crippen LogP) is 4.95. The number of nitrogens with zero attached hydrogens (tertiary/aromatic N) is 2. The number of thiazole rings is 1. The first kappa shape index (κ1) is 24.9. The minimum absolute atomic E-state index is 0.196. The van der Waals surface area contributed by atoms with Crippen molar-refractivity contribution in [2.75, 3.05) is 12.4 Å². The van der Waals surface area contributed by atoms with Gasteiger partial charge in [0.1, 0.15) is 5.75 Å². The summed E-state index contributed by atoms with van der Waals surface area (Å²) in [5, 5.41) is 2.97. The van der Waals surface area contributed by atoms with E-state index in [1.807, 2.05) is 92.7 Å². The van der Waals surface area contributed by atoms with Crippen LogP contribution in [-0.2, 0) is 4.79 Å². The van der Waals surface area contributed by atoms with Crippen LogP contribution in [0.15, 0.2) is 98.3 Å². The van der Waals surface area contributed by atoms with E-state index >= 15 is 0 Å². The third kappa shape index (κ3) is 4.95. The molecule has 2 heterocycles. The van der Waals surface area contributed by atoms with Crippen LogP contribution in [0.1, 0.15) is 29.7 Å². The molecule has 1 aliphatic rings. The van der Waals surface area contributed by atoms with Crippen molar-refractivity contribution in [2.45, 2.75) is 19.9 Å². The summed E-state index contributed by atoms with van der Waals surface area (Å²) in [6.45, 7) is 3.83. The Balaban J connectivity index is 1.67. The van der Waals surface area contributed by atoms with Crippen LogP contribution in [0.5, 0.6) is 5.75 Å². The summed E-state index contributed by atoms with van der Waals surface area (Å²) in [6, 6.07) is 22.0. The van der Waals surface area contributed by atoms with Gasteiger partial charge >= 0.3 is 0 Å². The third-order valence-corrected chi connectivity index (χ3v) is 8.06. The van der Waals surface area contributed by atoms with Crippen molar-refractivity contribution in [2.24, 2.45) is 4.99 Å². The van der Waals surface area contributed by atoms with Gasteiger partial charge in [0.05, 0.1) is 29.0 Å². The number of halogens is 1. The molecule has 5 rings (SSSR count). The number of benzene rings is 3. The highest BCUT2D eigenvalue weighted by Gasteiger charge is 2.32. The van der Waals surface area contributed by atoms with E-state index in [-0.39, 0.29) is 11.5 Å². The van der Waals surface area contributed by atoms with Crippen LogP contribution < -0.4 is 24.9 Å². The lowest BCUT2D eigenvalue weighted by Crippen LogP contribution is -2.40. The number of nitrogens with one attached hydrogen (secondary N) is 1. The van der Waals surface area contributed by atoms with Crippen LogP contribution in [-0.4, -0.2) is 17.6 Å². The lowest BCUT2D eigenvalue weighted by Gasteiger charge is -2.25. The van der Waals surface area contributed by atoms with Crippen molar-refractivity contribution in [3.05, 3.63) is 125 Å². The van der Waals surface area contributed by atoms with E-state index < -0.39 is 6.04 Å². The topological polar surface area (TPSA) is 72.7 Å². The van der Waals surface area contributed by atoms with Crippen LogP contribution in [0, 0.1) is 6.92 Å². The molecular weight excluding hydrogens is 550 g/mol. The van der Waals surface area contributed by atoms with E-state index in [1.54, 1.807) is 11.7 Å². The Labute approximate surface area is 226 Å². The maximum atomic E-state index is 13.8. The van der Waals surface area contributed by atoms with E-state index in [0.717, 1.165) is 21.2 Å². The first-order chi connectivity index (χ1) is 17.9. The second kappa shape index (κ2) is 10.3. The van der Waals surface area contributed by atoms with Gasteiger partial charge < -0.3 is 10.1 Å². The number of methoxy groups -OCH3 is 1. The predicted molar refractivity (Wildman–Crippen MR) is 151 cm³/mol. The smallest absolute Gasteiger partial charge is 0.271 e. The summed E-state index contributed by atoms with van der Waals surface area (Å²) >= 11 is 4.88. The Kier molecular flexibility index (Phi) is 6.95. The highest BCUT2D eigenvalue weighted by atomic mass is 79.9. The monoisotopic (exact) mass is 573 g/mol. The fraction of sp³-hybridized carbons (Fsp3) is 0.138. The molecular formula is C29H24BrN3O3S. The van der Waals surface area contributed by atoms with Gasteiger partial charge in [-0.2, -0.15) is 0 Å². The Bertz CT molecular complexity index is 1700. The van der Waals surface area contributed by atoms with Crippen molar-refractivity contribution in [1.29, 1.82) is 0 Å². The van der Waals surface area contributed by atoms with Crippen LogP contribution >= 0.6 is 27.3 Å². The van der Waals surface area contributed by atoms with Crippen LogP contribution in [0.3, 0.4) is 0 Å². The quantitative estimate of drug-likeness (QED) is 0.367. The first-order valence-electron chi connectivity index (χ1n) is 11.6. The average molecular weight is 575 g/mol. The zero-order valence-corrected chi connectivity index (χ0v) is 22.9. The van der Waals surface area contributed by atoms with Crippen LogP contribution in [0.4, 0.5) is 5.69 Å². The maximum absolute atomic E-state index is 13.8. The highest BCUT2D eigenvalue weighted by Crippen LogP contribution is 2.31. The second-order valence-corrected chi connectivity index (χ2v) is 10.5. The summed E-state index contributed by atoms with van der Waals surface area (Å²) in [4.78, 5) is 32.6. The number of fused-ring (bicyclic) bond motifs is 1. The van der Waals surface area contributed by atoms with Gasteiger partial charge in [-0.05, 0) is 66.9 Å². The molecule has 0 fully saturated rings. The number of para-hydroxylation sites is 1. The van der Waals surface area contributed by atoms with Crippen molar-refractivity contribution in [3.63, 3.8) is 0 Å². The summed E-state index contributed by atoms with van der Waals surface area (Å²) < 4.78 is 8.47. The Morgan fingerprint density at radius 3 is 2.49 bits per heavy atom. The van der Waals surface area contributed by atoms with Gasteiger partial charge in [0.2, 0.25) is 0 Å². The molecule has 0 saturated carbocycles. The number of anilines is 1. The molecule has 1 amide bonds. The second-order valence-electron chi connectivity index (χ2n) is 8.68. The number of aryl methyl sites for hydroxylation is 1. The van der Waals surface area contributed by atoms with Gasteiger partial charge in [-0.25, -0.2) is 4.99 Å². The number of amides is 1.